The van der Waals surface area contributed by atoms with Crippen molar-refractivity contribution in [3.63, 3.8) is 0 Å². The van der Waals surface area contributed by atoms with Crippen molar-refractivity contribution in [2.45, 2.75) is 32.2 Å². The zero-order valence-electron chi connectivity index (χ0n) is 15.1. The van der Waals surface area contributed by atoms with Crippen LogP contribution < -0.4 is 15.4 Å². The Balaban J connectivity index is 1.66. The summed E-state index contributed by atoms with van der Waals surface area (Å²) in [6.07, 6.45) is 2.61. The Bertz CT molecular complexity index is 960. The third-order valence-corrected chi connectivity index (χ3v) is 4.70. The molecule has 1 saturated heterocycles. The molecule has 0 unspecified atom stereocenters. The first-order chi connectivity index (χ1) is 13.0. The number of aromatic nitrogens is 3. The van der Waals surface area contributed by atoms with Crippen molar-refractivity contribution in [3.05, 3.63) is 41.7 Å². The number of alkyl halides is 1. The molecule has 1 fully saturated rings. The molecule has 8 heteroatoms. The number of hydrogen-bond donors (Lipinski definition) is 2. The van der Waals surface area contributed by atoms with E-state index in [1.165, 1.54) is 0 Å². The maximum absolute atomic E-state index is 13.8. The summed E-state index contributed by atoms with van der Waals surface area (Å²) in [5, 5.41) is 6.69. The highest BCUT2D eigenvalue weighted by molar-refractivity contribution is 6.32. The fraction of sp³-hybridized carbons (Fsp3) is 0.368. The van der Waals surface area contributed by atoms with Crippen molar-refractivity contribution in [2.24, 2.45) is 0 Å². The largest absolute Gasteiger partial charge is 0.489 e. The average Bonchev–Trinajstić information content (AvgIpc) is 3.21. The Morgan fingerprint density at radius 3 is 2.96 bits per heavy atom. The molecule has 3 aromatic rings. The maximum Gasteiger partial charge on any atom is 0.143 e. The molecule has 4 rings (SSSR count). The zero-order valence-corrected chi connectivity index (χ0v) is 15.9. The first-order valence-corrected chi connectivity index (χ1v) is 9.31. The number of pyridine rings is 2. The fourth-order valence-electron chi connectivity index (χ4n) is 3.15. The van der Waals surface area contributed by atoms with Gasteiger partial charge in [0.15, 0.2) is 0 Å². The third-order valence-electron chi connectivity index (χ3n) is 4.41. The molecular formula is C19H21ClFN5O. The topological polar surface area (TPSA) is 63.5 Å². The van der Waals surface area contributed by atoms with E-state index in [0.29, 0.717) is 35.3 Å². The lowest BCUT2D eigenvalue weighted by Gasteiger charge is -2.15. The summed E-state index contributed by atoms with van der Waals surface area (Å²) < 4.78 is 21.4. The van der Waals surface area contributed by atoms with Crippen LogP contribution in [0.1, 0.15) is 13.8 Å². The van der Waals surface area contributed by atoms with Crippen LogP contribution in [-0.4, -0.2) is 45.8 Å². The molecule has 2 atom stereocenters. The molecule has 0 bridgehead atoms. The van der Waals surface area contributed by atoms with E-state index in [0.717, 1.165) is 11.4 Å². The van der Waals surface area contributed by atoms with E-state index in [-0.39, 0.29) is 12.1 Å². The lowest BCUT2D eigenvalue weighted by Crippen LogP contribution is -2.29. The van der Waals surface area contributed by atoms with Crippen LogP contribution in [0, 0.1) is 0 Å². The Kier molecular flexibility index (Phi) is 4.88. The number of halogens is 2. The normalized spacial score (nSPS) is 19.7. The monoisotopic (exact) mass is 389 g/mol. The molecular weight excluding hydrogens is 369 g/mol. The molecule has 0 saturated carbocycles. The first-order valence-electron chi connectivity index (χ1n) is 8.93. The second-order valence-electron chi connectivity index (χ2n) is 6.86. The van der Waals surface area contributed by atoms with Crippen molar-refractivity contribution in [3.8, 4) is 17.1 Å². The number of hydrogen-bond acceptors (Lipinski definition) is 5. The number of anilines is 1. The van der Waals surface area contributed by atoms with E-state index >= 15 is 0 Å². The van der Waals surface area contributed by atoms with Gasteiger partial charge in [0, 0.05) is 25.4 Å². The first kappa shape index (κ1) is 18.0. The third kappa shape index (κ3) is 3.70. The molecule has 142 valence electrons. The van der Waals surface area contributed by atoms with Crippen molar-refractivity contribution in [1.82, 2.24) is 19.7 Å². The minimum Gasteiger partial charge on any atom is -0.489 e. The molecule has 0 radical (unpaired) electrons. The molecule has 2 N–H and O–H groups in total. The lowest BCUT2D eigenvalue weighted by atomic mass is 10.2. The van der Waals surface area contributed by atoms with Crippen LogP contribution in [0.2, 0.25) is 5.02 Å². The van der Waals surface area contributed by atoms with Crippen LogP contribution in [0.4, 0.5) is 10.2 Å². The minimum absolute atomic E-state index is 0.0215. The van der Waals surface area contributed by atoms with Gasteiger partial charge in [0.05, 0.1) is 34.8 Å². The zero-order chi connectivity index (χ0) is 19.0. The smallest absolute Gasteiger partial charge is 0.143 e. The highest BCUT2D eigenvalue weighted by atomic mass is 35.5. The Labute approximate surface area is 161 Å². The van der Waals surface area contributed by atoms with Crippen LogP contribution >= 0.6 is 11.6 Å². The quantitative estimate of drug-likeness (QED) is 0.698. The second kappa shape index (κ2) is 7.32. The molecule has 1 aliphatic heterocycles. The van der Waals surface area contributed by atoms with E-state index in [1.807, 2.05) is 42.5 Å². The summed E-state index contributed by atoms with van der Waals surface area (Å²) in [4.78, 5) is 9.07. The van der Waals surface area contributed by atoms with Gasteiger partial charge in [-0.1, -0.05) is 17.7 Å². The van der Waals surface area contributed by atoms with Gasteiger partial charge in [-0.3, -0.25) is 4.40 Å². The second-order valence-corrected chi connectivity index (χ2v) is 7.26. The molecule has 27 heavy (non-hydrogen) atoms. The molecule has 0 aromatic carbocycles. The van der Waals surface area contributed by atoms with E-state index in [9.17, 15) is 4.39 Å². The van der Waals surface area contributed by atoms with Gasteiger partial charge in [-0.25, -0.2) is 14.4 Å². The van der Waals surface area contributed by atoms with Crippen molar-refractivity contribution < 1.29 is 9.13 Å². The number of rotatable bonds is 5. The predicted molar refractivity (Wildman–Crippen MR) is 104 cm³/mol. The summed E-state index contributed by atoms with van der Waals surface area (Å²) in [7, 11) is 0. The van der Waals surface area contributed by atoms with E-state index in [1.54, 1.807) is 12.4 Å². The summed E-state index contributed by atoms with van der Waals surface area (Å²) in [5.74, 6) is 1.23. The summed E-state index contributed by atoms with van der Waals surface area (Å²) >= 11 is 6.37. The molecule has 3 aromatic heterocycles. The molecule has 0 amide bonds. The standard InChI is InChI=1S/C19H21ClFN5O/c1-11(2)27-17-6-19-23-9-16(26(19)10-12(17)20)14-4-3-5-18(24-14)25-15-8-22-7-13(15)21/h3-6,9-11,13,15,22H,7-8H2,1-2H3,(H,24,25)/t13-,15-/m0/s1. The van der Waals surface area contributed by atoms with Gasteiger partial charge < -0.3 is 15.4 Å². The van der Waals surface area contributed by atoms with Gasteiger partial charge >= 0.3 is 0 Å². The van der Waals surface area contributed by atoms with Crippen LogP contribution in [-0.2, 0) is 0 Å². The highest BCUT2D eigenvalue weighted by Crippen LogP contribution is 2.30. The molecule has 4 heterocycles. The van der Waals surface area contributed by atoms with Crippen molar-refractivity contribution >= 4 is 23.1 Å². The average molecular weight is 390 g/mol. The van der Waals surface area contributed by atoms with Crippen molar-refractivity contribution in [1.29, 1.82) is 0 Å². The van der Waals surface area contributed by atoms with Gasteiger partial charge in [-0.05, 0) is 26.0 Å². The molecule has 0 aliphatic carbocycles. The number of ether oxygens (including phenoxy) is 1. The Morgan fingerprint density at radius 2 is 2.22 bits per heavy atom. The molecule has 6 nitrogen and oxygen atoms in total. The maximum atomic E-state index is 13.8. The minimum atomic E-state index is -0.926. The number of fused-ring (bicyclic) bond motifs is 1. The van der Waals surface area contributed by atoms with Gasteiger partial charge in [0.25, 0.3) is 0 Å². The van der Waals surface area contributed by atoms with Crippen molar-refractivity contribution in [2.75, 3.05) is 18.4 Å². The Morgan fingerprint density at radius 1 is 1.37 bits per heavy atom. The Hall–Kier alpha value is -2.38. The lowest BCUT2D eigenvalue weighted by molar-refractivity contribution is 0.242. The SMILES string of the molecule is CC(C)Oc1cc2ncc(-c3cccc(N[C@H]4CNC[C@@H]4F)n3)n2cc1Cl. The van der Waals surface area contributed by atoms with Crippen LogP contribution in [0.25, 0.3) is 17.0 Å². The summed E-state index contributed by atoms with van der Waals surface area (Å²) in [6.45, 7) is 4.84. The van der Waals surface area contributed by atoms with Gasteiger partial charge in [-0.2, -0.15) is 0 Å². The van der Waals surface area contributed by atoms with Crippen LogP contribution in [0.3, 0.4) is 0 Å². The molecule has 0 spiro atoms. The summed E-state index contributed by atoms with van der Waals surface area (Å²) in [6, 6.07) is 7.14. The highest BCUT2D eigenvalue weighted by Gasteiger charge is 2.26. The molecule has 1 aliphatic rings. The van der Waals surface area contributed by atoms with Crippen LogP contribution in [0.15, 0.2) is 36.7 Å². The number of nitrogens with one attached hydrogen (secondary N) is 2. The predicted octanol–water partition coefficient (Wildman–Crippen LogP) is 3.56. The van der Waals surface area contributed by atoms with Gasteiger partial charge in [-0.15, -0.1) is 0 Å². The van der Waals surface area contributed by atoms with E-state index in [4.69, 9.17) is 16.3 Å². The van der Waals surface area contributed by atoms with Crippen LogP contribution in [0.5, 0.6) is 5.75 Å². The van der Waals surface area contributed by atoms with Gasteiger partial charge in [0.1, 0.15) is 23.4 Å². The fourth-order valence-corrected chi connectivity index (χ4v) is 3.35. The van der Waals surface area contributed by atoms with E-state index < -0.39 is 6.17 Å². The van der Waals surface area contributed by atoms with E-state index in [2.05, 4.69) is 20.6 Å². The van der Waals surface area contributed by atoms with Gasteiger partial charge in [0.2, 0.25) is 0 Å². The number of nitrogens with zero attached hydrogens (tertiary/aromatic N) is 3. The number of imidazole rings is 1. The summed E-state index contributed by atoms with van der Waals surface area (Å²) in [5.41, 5.74) is 2.24.